The van der Waals surface area contributed by atoms with Gasteiger partial charge in [0, 0.05) is 45.1 Å². The molecule has 5 rings (SSSR count). The lowest BCUT2D eigenvalue weighted by molar-refractivity contribution is 0.0756. The molecule has 10 heteroatoms. The standard InChI is InChI=1S/C28H42BrFN4O2Si2/c1-28-15-19(28)12-21-24(16-28)34(18-36-9-11-38(5,6)7)32-25(21)27-31-23-14-20(29)13-22(30)26(23)33(27)17-35-8-10-37(2,3)4/h13-14,19H,8-12,15-18H2,1-7H3/t19-,28-/m1/s1. The SMILES string of the molecule is C[C@@]12Cc3c(c(-c4nc5cc(Br)cc(F)c5n4COCC[Si](C)(C)C)nn3COCC[Si](C)(C)C)C[C@@H]1C2. The molecule has 1 aromatic carbocycles. The van der Waals surface area contributed by atoms with E-state index in [1.165, 1.54) is 23.7 Å². The second-order valence-electron chi connectivity index (χ2n) is 14.0. The minimum Gasteiger partial charge on any atom is -0.361 e. The third-order valence-electron chi connectivity index (χ3n) is 8.13. The first kappa shape index (κ1) is 28.2. The minimum atomic E-state index is -1.24. The molecule has 0 N–H and O–H groups in total. The Morgan fingerprint density at radius 3 is 2.37 bits per heavy atom. The van der Waals surface area contributed by atoms with Gasteiger partial charge >= 0.3 is 0 Å². The lowest BCUT2D eigenvalue weighted by Gasteiger charge is -2.20. The van der Waals surface area contributed by atoms with Crippen molar-refractivity contribution in [2.45, 2.75) is 91.0 Å². The highest BCUT2D eigenvalue weighted by molar-refractivity contribution is 9.10. The van der Waals surface area contributed by atoms with Gasteiger partial charge in [-0.05, 0) is 54.8 Å². The summed E-state index contributed by atoms with van der Waals surface area (Å²) in [6.45, 7) is 18.6. The molecule has 2 atom stereocenters. The second-order valence-corrected chi connectivity index (χ2v) is 26.2. The number of ether oxygens (including phenoxy) is 2. The van der Waals surface area contributed by atoms with Gasteiger partial charge in [-0.1, -0.05) is 62.1 Å². The molecule has 2 aromatic heterocycles. The lowest BCUT2D eigenvalue weighted by atomic mass is 9.87. The first-order valence-electron chi connectivity index (χ1n) is 13.8. The van der Waals surface area contributed by atoms with Gasteiger partial charge in [-0.2, -0.15) is 5.10 Å². The van der Waals surface area contributed by atoms with Crippen molar-refractivity contribution in [1.82, 2.24) is 19.3 Å². The lowest BCUT2D eigenvalue weighted by Crippen LogP contribution is -2.23. The molecule has 0 spiro atoms. The van der Waals surface area contributed by atoms with E-state index >= 15 is 4.39 Å². The number of nitrogens with zero attached hydrogens (tertiary/aromatic N) is 4. The summed E-state index contributed by atoms with van der Waals surface area (Å²) in [7, 11) is -2.41. The van der Waals surface area contributed by atoms with Crippen molar-refractivity contribution in [2.24, 2.45) is 11.3 Å². The molecule has 0 radical (unpaired) electrons. The summed E-state index contributed by atoms with van der Waals surface area (Å²) in [6, 6.07) is 5.56. The molecule has 2 aliphatic rings. The predicted molar refractivity (Wildman–Crippen MR) is 160 cm³/mol. The van der Waals surface area contributed by atoms with E-state index in [1.807, 2.05) is 10.6 Å². The van der Waals surface area contributed by atoms with Crippen LogP contribution in [-0.4, -0.2) is 48.7 Å². The molecule has 3 aromatic rings. The normalized spacial score (nSPS) is 21.1. The number of benzene rings is 1. The van der Waals surface area contributed by atoms with Gasteiger partial charge in [0.1, 0.15) is 30.5 Å². The number of fused-ring (bicyclic) bond motifs is 3. The van der Waals surface area contributed by atoms with Gasteiger partial charge in [0.15, 0.2) is 5.82 Å². The molecule has 0 unspecified atom stereocenters. The van der Waals surface area contributed by atoms with Gasteiger partial charge in [-0.15, -0.1) is 0 Å². The first-order valence-corrected chi connectivity index (χ1v) is 22.0. The maximum Gasteiger partial charge on any atom is 0.164 e. The molecular formula is C28H42BrFN4O2Si2. The van der Waals surface area contributed by atoms with Crippen molar-refractivity contribution in [2.75, 3.05) is 13.2 Å². The molecule has 208 valence electrons. The number of hydrogen-bond donors (Lipinski definition) is 0. The van der Waals surface area contributed by atoms with E-state index < -0.39 is 16.1 Å². The highest BCUT2D eigenvalue weighted by Crippen LogP contribution is 2.60. The van der Waals surface area contributed by atoms with Crippen LogP contribution in [0.2, 0.25) is 51.4 Å². The smallest absolute Gasteiger partial charge is 0.164 e. The van der Waals surface area contributed by atoms with E-state index in [-0.39, 0.29) is 12.5 Å². The van der Waals surface area contributed by atoms with Crippen LogP contribution < -0.4 is 0 Å². The van der Waals surface area contributed by atoms with E-state index in [1.54, 1.807) is 0 Å². The van der Waals surface area contributed by atoms with Crippen LogP contribution in [0.1, 0.15) is 24.6 Å². The fourth-order valence-corrected chi connectivity index (χ4v) is 7.39. The first-order chi connectivity index (χ1) is 17.7. The van der Waals surface area contributed by atoms with Gasteiger partial charge in [-0.25, -0.2) is 14.1 Å². The Kier molecular flexibility index (Phi) is 7.61. The Morgan fingerprint density at radius 1 is 1.05 bits per heavy atom. The molecule has 0 amide bonds. The van der Waals surface area contributed by atoms with Crippen LogP contribution >= 0.6 is 15.9 Å². The maximum atomic E-state index is 15.3. The number of aromatic nitrogens is 4. The summed E-state index contributed by atoms with van der Waals surface area (Å²) >= 11 is 3.44. The number of halogens is 2. The Labute approximate surface area is 236 Å². The molecule has 0 bridgehead atoms. The Balaban J connectivity index is 1.52. The van der Waals surface area contributed by atoms with Crippen molar-refractivity contribution in [1.29, 1.82) is 0 Å². The second kappa shape index (κ2) is 10.2. The zero-order chi connectivity index (χ0) is 27.5. The highest BCUT2D eigenvalue weighted by atomic mass is 79.9. The van der Waals surface area contributed by atoms with Crippen molar-refractivity contribution >= 4 is 43.1 Å². The fraction of sp³-hybridized carbons (Fsp3) is 0.643. The molecule has 1 saturated carbocycles. The minimum absolute atomic E-state index is 0.254. The number of imidazole rings is 1. The predicted octanol–water partition coefficient (Wildman–Crippen LogP) is 7.55. The average molecular weight is 622 g/mol. The Morgan fingerprint density at radius 2 is 1.71 bits per heavy atom. The monoisotopic (exact) mass is 620 g/mol. The van der Waals surface area contributed by atoms with Gasteiger partial charge in [-0.3, -0.25) is 4.57 Å². The van der Waals surface area contributed by atoms with Crippen molar-refractivity contribution in [3.05, 3.63) is 33.7 Å². The van der Waals surface area contributed by atoms with Gasteiger partial charge in [0.2, 0.25) is 0 Å². The number of rotatable bonds is 11. The van der Waals surface area contributed by atoms with Crippen LogP contribution in [-0.2, 0) is 35.8 Å². The molecule has 0 saturated heterocycles. The van der Waals surface area contributed by atoms with E-state index in [4.69, 9.17) is 19.6 Å². The van der Waals surface area contributed by atoms with E-state index in [2.05, 4.69) is 66.8 Å². The Hall–Kier alpha value is -1.34. The van der Waals surface area contributed by atoms with E-state index in [0.717, 1.165) is 37.2 Å². The highest BCUT2D eigenvalue weighted by Gasteiger charge is 2.54. The van der Waals surface area contributed by atoms with Gasteiger partial charge in [0.05, 0.1) is 5.52 Å². The summed E-state index contributed by atoms with van der Waals surface area (Å²) in [5, 5.41) is 5.09. The summed E-state index contributed by atoms with van der Waals surface area (Å²) in [5.74, 6) is 1.06. The quantitative estimate of drug-likeness (QED) is 0.164. The van der Waals surface area contributed by atoms with Gasteiger partial charge < -0.3 is 9.47 Å². The van der Waals surface area contributed by atoms with E-state index in [9.17, 15) is 0 Å². The van der Waals surface area contributed by atoms with Crippen LogP contribution in [0.5, 0.6) is 0 Å². The van der Waals surface area contributed by atoms with Crippen molar-refractivity contribution in [3.63, 3.8) is 0 Å². The molecule has 1 fully saturated rings. The molecular weight excluding hydrogens is 579 g/mol. The van der Waals surface area contributed by atoms with E-state index in [0.29, 0.717) is 46.0 Å². The third kappa shape index (κ3) is 6.04. The van der Waals surface area contributed by atoms with Crippen LogP contribution in [0.15, 0.2) is 16.6 Å². The van der Waals surface area contributed by atoms with Crippen LogP contribution in [0.25, 0.3) is 22.6 Å². The zero-order valence-electron chi connectivity index (χ0n) is 24.0. The molecule has 6 nitrogen and oxygen atoms in total. The maximum absolute atomic E-state index is 15.3. The van der Waals surface area contributed by atoms with Crippen LogP contribution in [0.3, 0.4) is 0 Å². The summed E-state index contributed by atoms with van der Waals surface area (Å²) in [6.07, 6.45) is 3.24. The zero-order valence-corrected chi connectivity index (χ0v) is 27.5. The largest absolute Gasteiger partial charge is 0.361 e. The summed E-state index contributed by atoms with van der Waals surface area (Å²) in [4.78, 5) is 4.95. The van der Waals surface area contributed by atoms with Crippen molar-refractivity contribution < 1.29 is 13.9 Å². The van der Waals surface area contributed by atoms with Gasteiger partial charge in [0.25, 0.3) is 0 Å². The Bertz CT molecular complexity index is 1340. The summed E-state index contributed by atoms with van der Waals surface area (Å²) < 4.78 is 32.2. The fourth-order valence-electron chi connectivity index (χ4n) is 5.46. The van der Waals surface area contributed by atoms with Crippen LogP contribution in [0, 0.1) is 17.2 Å². The topological polar surface area (TPSA) is 54.1 Å². The number of hydrogen-bond acceptors (Lipinski definition) is 4. The molecule has 2 heterocycles. The molecule has 38 heavy (non-hydrogen) atoms. The summed E-state index contributed by atoms with van der Waals surface area (Å²) in [5.41, 5.74) is 4.79. The average Bonchev–Trinajstić information content (AvgIpc) is 3.14. The van der Waals surface area contributed by atoms with Crippen LogP contribution in [0.4, 0.5) is 4.39 Å². The third-order valence-corrected chi connectivity index (χ3v) is 12.0. The molecule has 2 aliphatic carbocycles. The molecule has 0 aliphatic heterocycles. The van der Waals surface area contributed by atoms with Crippen molar-refractivity contribution in [3.8, 4) is 11.5 Å².